The Morgan fingerprint density at radius 2 is 1.64 bits per heavy atom. The Morgan fingerprint density at radius 3 is 2.39 bits per heavy atom. The highest BCUT2D eigenvalue weighted by atomic mass is 19.1. The molecule has 0 saturated heterocycles. The summed E-state index contributed by atoms with van der Waals surface area (Å²) >= 11 is 0. The van der Waals surface area contributed by atoms with Crippen LogP contribution in [-0.2, 0) is 13.5 Å². The molecule has 2 nitrogen and oxygen atoms in total. The molecule has 0 unspecified atom stereocenters. The summed E-state index contributed by atoms with van der Waals surface area (Å²) in [7, 11) is 2.08. The number of halogens is 1. The minimum Gasteiger partial charge on any atom is -0.455 e. The van der Waals surface area contributed by atoms with Crippen LogP contribution in [0.3, 0.4) is 0 Å². The summed E-state index contributed by atoms with van der Waals surface area (Å²) in [6.07, 6.45) is 2.99. The van der Waals surface area contributed by atoms with Crippen molar-refractivity contribution in [1.82, 2.24) is 0 Å². The molecule has 33 heavy (non-hydrogen) atoms. The van der Waals surface area contributed by atoms with E-state index in [9.17, 15) is 4.39 Å². The number of rotatable bonds is 1. The van der Waals surface area contributed by atoms with Crippen LogP contribution in [0.5, 0.6) is 11.5 Å². The van der Waals surface area contributed by atoms with Crippen LogP contribution in [-0.4, -0.2) is 0 Å². The Morgan fingerprint density at radius 1 is 0.879 bits per heavy atom. The Balaban J connectivity index is 1.84. The van der Waals surface area contributed by atoms with Gasteiger partial charge < -0.3 is 4.74 Å². The average Bonchev–Trinajstić information content (AvgIpc) is 2.78. The van der Waals surface area contributed by atoms with Crippen molar-refractivity contribution in [2.75, 3.05) is 0 Å². The van der Waals surface area contributed by atoms with E-state index in [2.05, 4.69) is 81.9 Å². The van der Waals surface area contributed by atoms with Gasteiger partial charge in [-0.2, -0.15) is 0 Å². The molecule has 0 amide bonds. The molecule has 0 atom stereocenters. The van der Waals surface area contributed by atoms with Gasteiger partial charge in [-0.25, -0.2) is 8.96 Å². The quantitative estimate of drug-likeness (QED) is 0.189. The summed E-state index contributed by atoms with van der Waals surface area (Å²) in [6, 6.07) is 17.8. The first-order valence-electron chi connectivity index (χ1n) is 11.5. The lowest BCUT2D eigenvalue weighted by atomic mass is 9.81. The second-order valence-corrected chi connectivity index (χ2v) is 10.5. The van der Waals surface area contributed by atoms with Crippen molar-refractivity contribution in [3.63, 3.8) is 0 Å². The van der Waals surface area contributed by atoms with Gasteiger partial charge in [0.2, 0.25) is 5.69 Å². The van der Waals surface area contributed by atoms with Crippen molar-refractivity contribution in [3.05, 3.63) is 77.7 Å². The number of fused-ring (bicyclic) bond motifs is 5. The molecule has 164 valence electrons. The lowest BCUT2D eigenvalue weighted by Crippen LogP contribution is -2.32. The second kappa shape index (κ2) is 6.77. The monoisotopic (exact) mass is 436 g/mol. The zero-order valence-corrected chi connectivity index (χ0v) is 19.7. The Hall–Kier alpha value is -3.46. The van der Waals surface area contributed by atoms with E-state index in [1.54, 1.807) is 6.07 Å². The molecule has 0 spiro atoms. The standard InChI is InChI=1S/C30H27FNO/c1-17-21-8-6-7-9-22(21)24(16-30(2,3)4)29-25(17)27-26-19(12-13-32(27)5)14-18-10-11-20(31)15-23(18)28(26)33-29/h6-15H,16H2,1-5H3/q+1. The molecular weight excluding hydrogens is 409 g/mol. The van der Waals surface area contributed by atoms with Crippen molar-refractivity contribution >= 4 is 32.3 Å². The molecule has 0 N–H and O–H groups in total. The smallest absolute Gasteiger partial charge is 0.228 e. The van der Waals surface area contributed by atoms with Gasteiger partial charge >= 0.3 is 0 Å². The SMILES string of the molecule is Cc1c2c(c(CC(C)(C)C)c3ccccc13)Oc1c3cc(F)ccc3cc3cc[n+](C)c-2c13. The van der Waals surface area contributed by atoms with E-state index in [1.807, 2.05) is 6.07 Å². The van der Waals surface area contributed by atoms with Crippen LogP contribution in [0.25, 0.3) is 43.6 Å². The molecule has 1 aliphatic rings. The highest BCUT2D eigenvalue weighted by molar-refractivity contribution is 6.13. The minimum absolute atomic E-state index is 0.0779. The summed E-state index contributed by atoms with van der Waals surface area (Å²) < 4.78 is 23.4. The summed E-state index contributed by atoms with van der Waals surface area (Å²) in [4.78, 5) is 0. The Kier molecular flexibility index (Phi) is 4.14. The molecule has 0 radical (unpaired) electrons. The molecule has 0 fully saturated rings. The van der Waals surface area contributed by atoms with Crippen molar-refractivity contribution in [2.45, 2.75) is 34.1 Å². The maximum absolute atomic E-state index is 14.4. The maximum atomic E-state index is 14.4. The van der Waals surface area contributed by atoms with E-state index >= 15 is 0 Å². The predicted octanol–water partition coefficient (Wildman–Crippen LogP) is 7.78. The van der Waals surface area contributed by atoms with Gasteiger partial charge in [-0.3, -0.25) is 0 Å². The van der Waals surface area contributed by atoms with Crippen LogP contribution in [0.15, 0.2) is 60.8 Å². The van der Waals surface area contributed by atoms with E-state index in [4.69, 9.17) is 4.74 Å². The molecule has 3 heteroatoms. The number of hydrogen-bond acceptors (Lipinski definition) is 1. The van der Waals surface area contributed by atoms with Crippen molar-refractivity contribution in [3.8, 4) is 22.8 Å². The highest BCUT2D eigenvalue weighted by Gasteiger charge is 2.34. The lowest BCUT2D eigenvalue weighted by molar-refractivity contribution is -0.659. The largest absolute Gasteiger partial charge is 0.455 e. The van der Waals surface area contributed by atoms with E-state index in [-0.39, 0.29) is 11.2 Å². The van der Waals surface area contributed by atoms with E-state index in [1.165, 1.54) is 28.0 Å². The fraction of sp³-hybridized carbons (Fsp3) is 0.233. The van der Waals surface area contributed by atoms with Crippen LogP contribution in [0.1, 0.15) is 31.9 Å². The van der Waals surface area contributed by atoms with Crippen molar-refractivity contribution in [2.24, 2.45) is 12.5 Å². The predicted molar refractivity (Wildman–Crippen MR) is 133 cm³/mol. The number of benzene rings is 4. The van der Waals surface area contributed by atoms with Gasteiger partial charge in [0.05, 0.1) is 10.9 Å². The minimum atomic E-state index is -0.251. The molecule has 2 heterocycles. The van der Waals surface area contributed by atoms with Gasteiger partial charge in [-0.15, -0.1) is 0 Å². The number of nitrogens with zero attached hydrogens (tertiary/aromatic N) is 1. The zero-order chi connectivity index (χ0) is 23.1. The summed E-state index contributed by atoms with van der Waals surface area (Å²) in [5, 5.41) is 6.43. The van der Waals surface area contributed by atoms with Crippen LogP contribution in [0.2, 0.25) is 0 Å². The van der Waals surface area contributed by atoms with Crippen LogP contribution in [0, 0.1) is 18.2 Å². The fourth-order valence-corrected chi connectivity index (χ4v) is 5.44. The topological polar surface area (TPSA) is 13.1 Å². The molecule has 4 aromatic carbocycles. The molecule has 6 rings (SSSR count). The number of aromatic nitrogens is 1. The van der Waals surface area contributed by atoms with Crippen LogP contribution >= 0.6 is 0 Å². The molecule has 0 aliphatic carbocycles. The second-order valence-electron chi connectivity index (χ2n) is 10.5. The summed E-state index contributed by atoms with van der Waals surface area (Å²) in [5.41, 5.74) is 4.79. The first-order chi connectivity index (χ1) is 15.7. The number of pyridine rings is 1. The lowest BCUT2D eigenvalue weighted by Gasteiger charge is -2.28. The molecular formula is C30H27FNO+. The first kappa shape index (κ1) is 20.2. The number of aryl methyl sites for hydroxylation is 2. The first-order valence-corrected chi connectivity index (χ1v) is 11.5. The summed E-state index contributed by atoms with van der Waals surface area (Å²) in [6.45, 7) is 8.97. The van der Waals surface area contributed by atoms with Crippen molar-refractivity contribution in [1.29, 1.82) is 0 Å². The number of ether oxygens (including phenoxy) is 1. The van der Waals surface area contributed by atoms with Crippen molar-refractivity contribution < 1.29 is 13.7 Å². The van der Waals surface area contributed by atoms with Gasteiger partial charge in [0.15, 0.2) is 6.20 Å². The highest BCUT2D eigenvalue weighted by Crippen LogP contribution is 2.53. The third-order valence-electron chi connectivity index (χ3n) is 6.83. The molecule has 0 saturated carbocycles. The fourth-order valence-electron chi connectivity index (χ4n) is 5.44. The molecule has 0 bridgehead atoms. The third kappa shape index (κ3) is 2.95. The normalized spacial score (nSPS) is 12.9. The Bertz CT molecular complexity index is 1630. The van der Waals surface area contributed by atoms with Gasteiger partial charge in [0.25, 0.3) is 0 Å². The molecule has 1 aromatic heterocycles. The average molecular weight is 437 g/mol. The Labute approximate surface area is 193 Å². The van der Waals surface area contributed by atoms with E-state index < -0.39 is 0 Å². The van der Waals surface area contributed by atoms with Crippen LogP contribution < -0.4 is 9.30 Å². The third-order valence-corrected chi connectivity index (χ3v) is 6.83. The maximum Gasteiger partial charge on any atom is 0.228 e. The van der Waals surface area contributed by atoms with Gasteiger partial charge in [0.1, 0.15) is 24.4 Å². The van der Waals surface area contributed by atoms with E-state index in [0.29, 0.717) is 0 Å². The number of hydrogen-bond donors (Lipinski definition) is 0. The van der Waals surface area contributed by atoms with Gasteiger partial charge in [-0.05, 0) is 64.1 Å². The van der Waals surface area contributed by atoms with Gasteiger partial charge in [0, 0.05) is 17.0 Å². The van der Waals surface area contributed by atoms with Gasteiger partial charge in [-0.1, -0.05) is 51.1 Å². The molecule has 5 aromatic rings. The van der Waals surface area contributed by atoms with E-state index in [0.717, 1.165) is 50.7 Å². The van der Waals surface area contributed by atoms with Crippen LogP contribution in [0.4, 0.5) is 4.39 Å². The summed E-state index contributed by atoms with van der Waals surface area (Å²) in [5.74, 6) is 1.41. The zero-order valence-electron chi connectivity index (χ0n) is 19.7. The molecule has 1 aliphatic heterocycles.